The lowest BCUT2D eigenvalue weighted by Gasteiger charge is -2.33. The zero-order valence-corrected chi connectivity index (χ0v) is 9.02. The molecule has 1 saturated heterocycles. The minimum Gasteiger partial charge on any atom is -0.385 e. The van der Waals surface area contributed by atoms with E-state index in [1.807, 2.05) is 0 Å². The summed E-state index contributed by atoms with van der Waals surface area (Å²) in [6.45, 7) is 1.48. The molecule has 2 rings (SSSR count). The summed E-state index contributed by atoms with van der Waals surface area (Å²) in [4.78, 5) is 0. The Morgan fingerprint density at radius 3 is 2.53 bits per heavy atom. The van der Waals surface area contributed by atoms with E-state index in [1.54, 1.807) is 6.07 Å². The third-order valence-electron chi connectivity index (χ3n) is 2.83. The molecular weight excluding hydrogens is 217 g/mol. The first-order valence-electron chi connectivity index (χ1n) is 5.00. The van der Waals surface area contributed by atoms with Gasteiger partial charge in [0.25, 0.3) is 0 Å². The molecule has 0 bridgehead atoms. The molecule has 1 heterocycles. The van der Waals surface area contributed by atoms with Gasteiger partial charge in [0.2, 0.25) is 0 Å². The fourth-order valence-corrected chi connectivity index (χ4v) is 2.17. The minimum absolute atomic E-state index is 0.331. The maximum absolute atomic E-state index is 13.1. The van der Waals surface area contributed by atoms with E-state index in [0.717, 1.165) is 13.1 Å². The maximum atomic E-state index is 13.1. The van der Waals surface area contributed by atoms with Crippen molar-refractivity contribution in [2.24, 2.45) is 0 Å². The van der Waals surface area contributed by atoms with Crippen LogP contribution in [0.25, 0.3) is 0 Å². The van der Waals surface area contributed by atoms with Gasteiger partial charge in [-0.3, -0.25) is 0 Å². The molecule has 0 aromatic heterocycles. The van der Waals surface area contributed by atoms with Gasteiger partial charge in [0.05, 0.1) is 5.60 Å². The lowest BCUT2D eigenvalue weighted by molar-refractivity contribution is 0.00568. The standard InChI is InChI=1S/C11H13ClFNO/c12-9-5-8(6-10(13)7-9)11(15)1-3-14-4-2-11/h5-7,14-15H,1-4H2. The van der Waals surface area contributed by atoms with Crippen molar-refractivity contribution in [1.29, 1.82) is 0 Å². The second-order valence-electron chi connectivity index (χ2n) is 3.94. The van der Waals surface area contributed by atoms with Gasteiger partial charge in [0.1, 0.15) is 5.82 Å². The van der Waals surface area contributed by atoms with Crippen molar-refractivity contribution in [2.75, 3.05) is 13.1 Å². The first kappa shape index (κ1) is 10.9. The number of nitrogens with one attached hydrogen (secondary N) is 1. The molecule has 82 valence electrons. The fourth-order valence-electron chi connectivity index (χ4n) is 1.95. The van der Waals surface area contributed by atoms with Crippen molar-refractivity contribution < 1.29 is 9.50 Å². The van der Waals surface area contributed by atoms with Crippen LogP contribution >= 0.6 is 11.6 Å². The Morgan fingerprint density at radius 2 is 1.93 bits per heavy atom. The molecule has 0 amide bonds. The highest BCUT2D eigenvalue weighted by molar-refractivity contribution is 6.30. The second kappa shape index (κ2) is 4.08. The molecule has 0 unspecified atom stereocenters. The highest BCUT2D eigenvalue weighted by Gasteiger charge is 2.31. The maximum Gasteiger partial charge on any atom is 0.125 e. The van der Waals surface area contributed by atoms with Crippen LogP contribution in [0, 0.1) is 5.82 Å². The van der Waals surface area contributed by atoms with Crippen LogP contribution in [0.3, 0.4) is 0 Å². The summed E-state index contributed by atoms with van der Waals surface area (Å²) >= 11 is 5.76. The lowest BCUT2D eigenvalue weighted by Crippen LogP contribution is -2.39. The smallest absolute Gasteiger partial charge is 0.125 e. The molecule has 1 aromatic carbocycles. The number of piperidine rings is 1. The minimum atomic E-state index is -0.934. The number of benzene rings is 1. The van der Waals surface area contributed by atoms with E-state index >= 15 is 0 Å². The van der Waals surface area contributed by atoms with Gasteiger partial charge in [-0.15, -0.1) is 0 Å². The molecule has 2 N–H and O–H groups in total. The Kier molecular flexibility index (Phi) is 2.96. The third kappa shape index (κ3) is 2.30. The second-order valence-corrected chi connectivity index (χ2v) is 4.38. The van der Waals surface area contributed by atoms with Crippen LogP contribution in [0.4, 0.5) is 4.39 Å². The van der Waals surface area contributed by atoms with Crippen molar-refractivity contribution in [3.63, 3.8) is 0 Å². The largest absolute Gasteiger partial charge is 0.385 e. The van der Waals surface area contributed by atoms with Crippen LogP contribution < -0.4 is 5.32 Å². The molecule has 0 saturated carbocycles. The Labute approximate surface area is 93.1 Å². The normalized spacial score (nSPS) is 20.2. The SMILES string of the molecule is OC1(c2cc(F)cc(Cl)c2)CCNCC1. The van der Waals surface area contributed by atoms with Crippen LogP contribution in [0.1, 0.15) is 18.4 Å². The van der Waals surface area contributed by atoms with E-state index in [2.05, 4.69) is 5.32 Å². The summed E-state index contributed by atoms with van der Waals surface area (Å²) in [6, 6.07) is 4.24. The van der Waals surface area contributed by atoms with Crippen molar-refractivity contribution in [3.05, 3.63) is 34.6 Å². The fraction of sp³-hybridized carbons (Fsp3) is 0.455. The Morgan fingerprint density at radius 1 is 1.27 bits per heavy atom. The number of halogens is 2. The van der Waals surface area contributed by atoms with E-state index in [1.165, 1.54) is 12.1 Å². The summed E-state index contributed by atoms with van der Waals surface area (Å²) in [5.74, 6) is -0.399. The molecular formula is C11H13ClFNO. The van der Waals surface area contributed by atoms with Gasteiger partial charge in [-0.05, 0) is 49.7 Å². The average molecular weight is 230 g/mol. The Bertz CT molecular complexity index is 343. The van der Waals surface area contributed by atoms with Crippen molar-refractivity contribution in [2.45, 2.75) is 18.4 Å². The number of hydrogen-bond acceptors (Lipinski definition) is 2. The highest BCUT2D eigenvalue weighted by atomic mass is 35.5. The molecule has 1 aliphatic rings. The molecule has 15 heavy (non-hydrogen) atoms. The van der Waals surface area contributed by atoms with Gasteiger partial charge in [-0.25, -0.2) is 4.39 Å². The third-order valence-corrected chi connectivity index (χ3v) is 3.05. The summed E-state index contributed by atoms with van der Waals surface area (Å²) in [5.41, 5.74) is -0.356. The molecule has 4 heteroatoms. The topological polar surface area (TPSA) is 32.3 Å². The Balaban J connectivity index is 2.34. The molecule has 1 fully saturated rings. The number of rotatable bonds is 1. The van der Waals surface area contributed by atoms with Crippen LogP contribution in [-0.2, 0) is 5.60 Å². The van der Waals surface area contributed by atoms with Crippen LogP contribution in [-0.4, -0.2) is 18.2 Å². The highest BCUT2D eigenvalue weighted by Crippen LogP contribution is 2.32. The van der Waals surface area contributed by atoms with E-state index in [4.69, 9.17) is 11.6 Å². The summed E-state index contributed by atoms with van der Waals surface area (Å²) < 4.78 is 13.1. The molecule has 1 aromatic rings. The quantitative estimate of drug-likeness (QED) is 0.773. The van der Waals surface area contributed by atoms with Gasteiger partial charge in [0, 0.05) is 5.02 Å². The van der Waals surface area contributed by atoms with Crippen molar-refractivity contribution >= 4 is 11.6 Å². The summed E-state index contributed by atoms with van der Waals surface area (Å²) in [7, 11) is 0. The number of hydrogen-bond donors (Lipinski definition) is 2. The van der Waals surface area contributed by atoms with Crippen LogP contribution in [0.15, 0.2) is 18.2 Å². The summed E-state index contributed by atoms with van der Waals surface area (Å²) in [5, 5.41) is 13.8. The monoisotopic (exact) mass is 229 g/mol. The molecule has 0 atom stereocenters. The number of aliphatic hydroxyl groups is 1. The molecule has 0 aliphatic carbocycles. The van der Waals surface area contributed by atoms with E-state index < -0.39 is 11.4 Å². The molecule has 2 nitrogen and oxygen atoms in total. The van der Waals surface area contributed by atoms with E-state index in [-0.39, 0.29) is 0 Å². The molecule has 1 aliphatic heterocycles. The van der Waals surface area contributed by atoms with Crippen LogP contribution in [0.5, 0.6) is 0 Å². The predicted octanol–water partition coefficient (Wildman–Crippen LogP) is 2.05. The van der Waals surface area contributed by atoms with E-state index in [0.29, 0.717) is 23.4 Å². The van der Waals surface area contributed by atoms with Gasteiger partial charge in [-0.2, -0.15) is 0 Å². The predicted molar refractivity (Wildman–Crippen MR) is 57.4 cm³/mol. The molecule has 0 spiro atoms. The Hall–Kier alpha value is -0.640. The lowest BCUT2D eigenvalue weighted by atomic mass is 9.85. The zero-order valence-electron chi connectivity index (χ0n) is 8.26. The summed E-state index contributed by atoms with van der Waals surface area (Å²) in [6.07, 6.45) is 1.18. The van der Waals surface area contributed by atoms with Crippen LogP contribution in [0.2, 0.25) is 5.02 Å². The van der Waals surface area contributed by atoms with Gasteiger partial charge in [-0.1, -0.05) is 11.6 Å². The first-order valence-corrected chi connectivity index (χ1v) is 5.38. The first-order chi connectivity index (χ1) is 7.10. The van der Waals surface area contributed by atoms with Crippen molar-refractivity contribution in [3.8, 4) is 0 Å². The van der Waals surface area contributed by atoms with Gasteiger partial charge < -0.3 is 10.4 Å². The molecule has 0 radical (unpaired) electrons. The zero-order chi connectivity index (χ0) is 10.9. The van der Waals surface area contributed by atoms with Crippen molar-refractivity contribution in [1.82, 2.24) is 5.32 Å². The van der Waals surface area contributed by atoms with E-state index in [9.17, 15) is 9.50 Å². The van der Waals surface area contributed by atoms with Gasteiger partial charge >= 0.3 is 0 Å². The average Bonchev–Trinajstić information content (AvgIpc) is 2.17. The van der Waals surface area contributed by atoms with Gasteiger partial charge in [0.15, 0.2) is 0 Å².